The summed E-state index contributed by atoms with van der Waals surface area (Å²) < 4.78 is 5.12. The Morgan fingerprint density at radius 3 is 2.77 bits per heavy atom. The van der Waals surface area contributed by atoms with Crippen LogP contribution in [0.3, 0.4) is 0 Å². The zero-order chi connectivity index (χ0) is 15.8. The number of benzene rings is 2. The van der Waals surface area contributed by atoms with E-state index in [9.17, 15) is 4.79 Å². The van der Waals surface area contributed by atoms with Crippen LogP contribution in [-0.4, -0.2) is 19.6 Å². The highest BCUT2D eigenvalue weighted by Crippen LogP contribution is 2.17. The Morgan fingerprint density at radius 1 is 1.18 bits per heavy atom. The minimum absolute atomic E-state index is 0.0417. The molecule has 0 heterocycles. The lowest BCUT2D eigenvalue weighted by Gasteiger charge is -2.08. The van der Waals surface area contributed by atoms with E-state index < -0.39 is 0 Å². The fraction of sp³-hybridized carbons (Fsp3) is 0.235. The molecule has 1 amide bonds. The average Bonchev–Trinajstić information content (AvgIpc) is 2.53. The van der Waals surface area contributed by atoms with Crippen molar-refractivity contribution in [2.45, 2.75) is 13.0 Å². The second-order valence-electron chi connectivity index (χ2n) is 4.80. The molecular formula is C17H19ClN2O2. The number of ether oxygens (including phenoxy) is 1. The van der Waals surface area contributed by atoms with E-state index in [2.05, 4.69) is 10.6 Å². The minimum atomic E-state index is -0.0417. The predicted octanol–water partition coefficient (Wildman–Crippen LogP) is 3.47. The lowest BCUT2D eigenvalue weighted by atomic mass is 10.2. The third-order valence-corrected chi connectivity index (χ3v) is 3.52. The molecule has 0 atom stereocenters. The van der Waals surface area contributed by atoms with Gasteiger partial charge in [-0.15, -0.1) is 0 Å². The van der Waals surface area contributed by atoms with Gasteiger partial charge in [0.15, 0.2) is 0 Å². The standard InChI is InChI=1S/C17H19ClN2O2/c1-22-15-7-4-6-14(11-15)20-17(21)9-10-19-12-13-5-2-3-8-16(13)18/h2-8,11,19H,9-10,12H2,1H3,(H,20,21). The number of nitrogens with one attached hydrogen (secondary N) is 2. The molecule has 0 aliphatic heterocycles. The van der Waals surface area contributed by atoms with Crippen molar-refractivity contribution in [1.82, 2.24) is 5.32 Å². The van der Waals surface area contributed by atoms with Gasteiger partial charge >= 0.3 is 0 Å². The van der Waals surface area contributed by atoms with Gasteiger partial charge < -0.3 is 15.4 Å². The molecule has 0 spiro atoms. The first-order valence-electron chi connectivity index (χ1n) is 7.07. The summed E-state index contributed by atoms with van der Waals surface area (Å²) in [6.45, 7) is 1.23. The molecule has 2 aromatic carbocycles. The van der Waals surface area contributed by atoms with Crippen LogP contribution in [0.4, 0.5) is 5.69 Å². The summed E-state index contributed by atoms with van der Waals surface area (Å²) in [5.41, 5.74) is 1.76. The maximum atomic E-state index is 11.9. The summed E-state index contributed by atoms with van der Waals surface area (Å²) in [4.78, 5) is 11.9. The number of rotatable bonds is 7. The van der Waals surface area contributed by atoms with Gasteiger partial charge in [-0.05, 0) is 23.8 Å². The van der Waals surface area contributed by atoms with Crippen LogP contribution in [0, 0.1) is 0 Å². The molecular weight excluding hydrogens is 300 g/mol. The quantitative estimate of drug-likeness (QED) is 0.769. The van der Waals surface area contributed by atoms with Gasteiger partial charge in [0, 0.05) is 36.3 Å². The first kappa shape index (κ1) is 16.3. The molecule has 2 rings (SSSR count). The van der Waals surface area contributed by atoms with E-state index in [1.807, 2.05) is 42.5 Å². The lowest BCUT2D eigenvalue weighted by molar-refractivity contribution is -0.116. The first-order valence-corrected chi connectivity index (χ1v) is 7.45. The summed E-state index contributed by atoms with van der Waals surface area (Å²) in [5.74, 6) is 0.676. The van der Waals surface area contributed by atoms with Crippen molar-refractivity contribution >= 4 is 23.2 Å². The van der Waals surface area contributed by atoms with Crippen molar-refractivity contribution in [3.63, 3.8) is 0 Å². The second-order valence-corrected chi connectivity index (χ2v) is 5.21. The van der Waals surface area contributed by atoms with Crippen LogP contribution in [0.1, 0.15) is 12.0 Å². The molecule has 0 bridgehead atoms. The van der Waals surface area contributed by atoms with Gasteiger partial charge in [0.2, 0.25) is 5.91 Å². The van der Waals surface area contributed by atoms with E-state index in [1.165, 1.54) is 0 Å². The van der Waals surface area contributed by atoms with Crippen molar-refractivity contribution < 1.29 is 9.53 Å². The number of hydrogen-bond acceptors (Lipinski definition) is 3. The van der Waals surface area contributed by atoms with Gasteiger partial charge in [0.1, 0.15) is 5.75 Å². The minimum Gasteiger partial charge on any atom is -0.497 e. The Labute approximate surface area is 135 Å². The molecule has 5 heteroatoms. The number of carbonyl (C=O) groups excluding carboxylic acids is 1. The van der Waals surface area contributed by atoms with E-state index in [4.69, 9.17) is 16.3 Å². The van der Waals surface area contributed by atoms with Crippen LogP contribution in [0.5, 0.6) is 5.75 Å². The third kappa shape index (κ3) is 5.06. The van der Waals surface area contributed by atoms with Crippen molar-refractivity contribution in [3.05, 3.63) is 59.1 Å². The van der Waals surface area contributed by atoms with Crippen LogP contribution in [0.2, 0.25) is 5.02 Å². The molecule has 0 saturated carbocycles. The Morgan fingerprint density at radius 2 is 2.00 bits per heavy atom. The van der Waals surface area contributed by atoms with Gasteiger partial charge in [0.05, 0.1) is 7.11 Å². The fourth-order valence-corrected chi connectivity index (χ4v) is 2.19. The van der Waals surface area contributed by atoms with Gasteiger partial charge in [-0.1, -0.05) is 35.9 Å². The molecule has 2 N–H and O–H groups in total. The van der Waals surface area contributed by atoms with Crippen molar-refractivity contribution in [2.75, 3.05) is 19.0 Å². The lowest BCUT2D eigenvalue weighted by Crippen LogP contribution is -2.21. The molecule has 0 unspecified atom stereocenters. The van der Waals surface area contributed by atoms with Gasteiger partial charge in [0.25, 0.3) is 0 Å². The monoisotopic (exact) mass is 318 g/mol. The smallest absolute Gasteiger partial charge is 0.225 e. The largest absolute Gasteiger partial charge is 0.497 e. The average molecular weight is 319 g/mol. The number of hydrogen-bond donors (Lipinski definition) is 2. The van der Waals surface area contributed by atoms with Crippen LogP contribution in [0.15, 0.2) is 48.5 Å². The van der Waals surface area contributed by atoms with Gasteiger partial charge in [-0.25, -0.2) is 0 Å². The summed E-state index contributed by atoms with van der Waals surface area (Å²) in [5, 5.41) is 6.79. The fourth-order valence-electron chi connectivity index (χ4n) is 1.99. The second kappa shape index (κ2) is 8.41. The predicted molar refractivity (Wildman–Crippen MR) is 89.4 cm³/mol. The molecule has 0 saturated heterocycles. The number of halogens is 1. The zero-order valence-corrected chi connectivity index (χ0v) is 13.2. The number of anilines is 1. The number of amides is 1. The van der Waals surface area contributed by atoms with Gasteiger partial charge in [-0.2, -0.15) is 0 Å². The molecule has 0 aliphatic carbocycles. The van der Waals surface area contributed by atoms with Crippen molar-refractivity contribution in [3.8, 4) is 5.75 Å². The van der Waals surface area contributed by atoms with Gasteiger partial charge in [-0.3, -0.25) is 4.79 Å². The molecule has 0 radical (unpaired) electrons. The molecule has 4 nitrogen and oxygen atoms in total. The Balaban J connectivity index is 1.73. The number of methoxy groups -OCH3 is 1. The summed E-state index contributed by atoms with van der Waals surface area (Å²) >= 11 is 6.07. The molecule has 0 aromatic heterocycles. The Hall–Kier alpha value is -2.04. The maximum absolute atomic E-state index is 11.9. The third-order valence-electron chi connectivity index (χ3n) is 3.16. The zero-order valence-electron chi connectivity index (χ0n) is 12.4. The normalized spacial score (nSPS) is 10.3. The summed E-state index contributed by atoms with van der Waals surface area (Å²) in [7, 11) is 1.60. The van der Waals surface area contributed by atoms with E-state index in [0.29, 0.717) is 19.5 Å². The highest BCUT2D eigenvalue weighted by molar-refractivity contribution is 6.31. The van der Waals surface area contributed by atoms with E-state index in [-0.39, 0.29) is 5.91 Å². The van der Waals surface area contributed by atoms with Crippen LogP contribution >= 0.6 is 11.6 Å². The topological polar surface area (TPSA) is 50.4 Å². The van der Waals surface area contributed by atoms with E-state index in [0.717, 1.165) is 22.0 Å². The molecule has 0 aliphatic rings. The highest BCUT2D eigenvalue weighted by atomic mass is 35.5. The molecule has 22 heavy (non-hydrogen) atoms. The van der Waals surface area contributed by atoms with E-state index in [1.54, 1.807) is 13.2 Å². The molecule has 116 valence electrons. The molecule has 2 aromatic rings. The summed E-state index contributed by atoms with van der Waals surface area (Å²) in [6.07, 6.45) is 0.391. The molecule has 0 fully saturated rings. The highest BCUT2D eigenvalue weighted by Gasteiger charge is 2.04. The van der Waals surface area contributed by atoms with Crippen molar-refractivity contribution in [1.29, 1.82) is 0 Å². The van der Waals surface area contributed by atoms with E-state index >= 15 is 0 Å². The summed E-state index contributed by atoms with van der Waals surface area (Å²) in [6, 6.07) is 14.9. The van der Waals surface area contributed by atoms with Crippen LogP contribution in [-0.2, 0) is 11.3 Å². The Kier molecular flexibility index (Phi) is 6.25. The van der Waals surface area contributed by atoms with Crippen molar-refractivity contribution in [2.24, 2.45) is 0 Å². The number of carbonyl (C=O) groups is 1. The van der Waals surface area contributed by atoms with Crippen LogP contribution in [0.25, 0.3) is 0 Å². The first-order chi connectivity index (χ1) is 10.7. The Bertz CT molecular complexity index is 632. The maximum Gasteiger partial charge on any atom is 0.225 e. The SMILES string of the molecule is COc1cccc(NC(=O)CCNCc2ccccc2Cl)c1. The van der Waals surface area contributed by atoms with Crippen LogP contribution < -0.4 is 15.4 Å².